The lowest BCUT2D eigenvalue weighted by Gasteiger charge is -2.15. The highest BCUT2D eigenvalue weighted by molar-refractivity contribution is 9.10. The molecule has 1 amide bonds. The van der Waals surface area contributed by atoms with Crippen LogP contribution in [0.4, 0.5) is 10.1 Å². The predicted molar refractivity (Wildman–Crippen MR) is 76.7 cm³/mol. The zero-order valence-corrected chi connectivity index (χ0v) is 12.9. The lowest BCUT2D eigenvalue weighted by molar-refractivity contribution is -0.142. The summed E-state index contributed by atoms with van der Waals surface area (Å²) in [6.45, 7) is 1.81. The lowest BCUT2D eigenvalue weighted by atomic mass is 10.1. The van der Waals surface area contributed by atoms with Gasteiger partial charge in [-0.25, -0.2) is 4.39 Å². The molecule has 7 heteroatoms. The number of carbonyl (C=O) groups is 3. The molecule has 1 aliphatic heterocycles. The van der Waals surface area contributed by atoms with Gasteiger partial charge in [-0.2, -0.15) is 0 Å². The molecule has 0 saturated carbocycles. The number of rotatable bonds is 5. The van der Waals surface area contributed by atoms with Crippen LogP contribution in [-0.4, -0.2) is 30.8 Å². The van der Waals surface area contributed by atoms with Crippen LogP contribution in [-0.2, 0) is 14.3 Å². The third-order valence-electron chi connectivity index (χ3n) is 3.06. The molecule has 0 fully saturated rings. The fraction of sp³-hybridized carbons (Fsp3) is 0.357. The maximum atomic E-state index is 13.6. The Morgan fingerprint density at radius 1 is 1.38 bits per heavy atom. The van der Waals surface area contributed by atoms with Gasteiger partial charge in [0.2, 0.25) is 0 Å². The normalized spacial score (nSPS) is 13.6. The second-order valence-corrected chi connectivity index (χ2v) is 5.43. The summed E-state index contributed by atoms with van der Waals surface area (Å²) < 4.78 is 18.6. The molecule has 0 unspecified atom stereocenters. The second kappa shape index (κ2) is 6.34. The van der Waals surface area contributed by atoms with Gasteiger partial charge >= 0.3 is 5.97 Å². The van der Waals surface area contributed by atoms with Crippen molar-refractivity contribution in [2.24, 2.45) is 0 Å². The van der Waals surface area contributed by atoms with E-state index in [0.717, 1.165) is 23.8 Å². The van der Waals surface area contributed by atoms with Gasteiger partial charge in [-0.05, 0) is 34.5 Å². The monoisotopic (exact) mass is 357 g/mol. The SMILES string of the molecule is CCCCOC(=O)CN1C(=O)C(=O)c2cc(Br)c(F)cc21. The maximum Gasteiger partial charge on any atom is 0.326 e. The Hall–Kier alpha value is -1.76. The smallest absolute Gasteiger partial charge is 0.326 e. The van der Waals surface area contributed by atoms with E-state index in [1.54, 1.807) is 0 Å². The molecule has 0 radical (unpaired) electrons. The Morgan fingerprint density at radius 2 is 2.10 bits per heavy atom. The molecular weight excluding hydrogens is 345 g/mol. The van der Waals surface area contributed by atoms with Crippen LogP contribution in [0.2, 0.25) is 0 Å². The molecule has 1 aromatic rings. The van der Waals surface area contributed by atoms with Gasteiger partial charge in [0.1, 0.15) is 12.4 Å². The Morgan fingerprint density at radius 3 is 2.76 bits per heavy atom. The van der Waals surface area contributed by atoms with Gasteiger partial charge in [0.15, 0.2) is 0 Å². The molecule has 21 heavy (non-hydrogen) atoms. The fourth-order valence-electron chi connectivity index (χ4n) is 1.95. The first-order valence-corrected chi connectivity index (χ1v) is 7.25. The number of Topliss-reactive ketones (excluding diaryl/α,β-unsaturated/α-hetero) is 1. The van der Waals surface area contributed by atoms with E-state index >= 15 is 0 Å². The van der Waals surface area contributed by atoms with Crippen molar-refractivity contribution in [1.29, 1.82) is 0 Å². The highest BCUT2D eigenvalue weighted by Crippen LogP contribution is 2.33. The van der Waals surface area contributed by atoms with Gasteiger partial charge in [-0.1, -0.05) is 13.3 Å². The molecule has 0 bridgehead atoms. The standard InChI is InChI=1S/C14H13BrFNO4/c1-2-3-4-21-12(18)7-17-11-6-10(16)9(15)5-8(11)13(19)14(17)20/h5-6H,2-4,7H2,1H3. The average molecular weight is 358 g/mol. The van der Waals surface area contributed by atoms with Crippen molar-refractivity contribution in [2.45, 2.75) is 19.8 Å². The lowest BCUT2D eigenvalue weighted by Crippen LogP contribution is -2.35. The van der Waals surface area contributed by atoms with E-state index in [2.05, 4.69) is 15.9 Å². The van der Waals surface area contributed by atoms with Crippen molar-refractivity contribution < 1.29 is 23.5 Å². The number of hydrogen-bond donors (Lipinski definition) is 0. The van der Waals surface area contributed by atoms with E-state index in [1.807, 2.05) is 6.92 Å². The Balaban J connectivity index is 2.19. The summed E-state index contributed by atoms with van der Waals surface area (Å²) in [5.74, 6) is -2.84. The number of fused-ring (bicyclic) bond motifs is 1. The summed E-state index contributed by atoms with van der Waals surface area (Å²) in [5.41, 5.74) is 0.174. The van der Waals surface area contributed by atoms with Crippen molar-refractivity contribution in [1.82, 2.24) is 0 Å². The van der Waals surface area contributed by atoms with E-state index < -0.39 is 30.0 Å². The Kier molecular flexibility index (Phi) is 4.72. The first-order chi connectivity index (χ1) is 9.95. The first-order valence-electron chi connectivity index (χ1n) is 6.46. The van der Waals surface area contributed by atoms with E-state index in [4.69, 9.17) is 4.74 Å². The predicted octanol–water partition coefficient (Wildman–Crippen LogP) is 2.46. The van der Waals surface area contributed by atoms with Crippen LogP contribution in [0, 0.1) is 5.82 Å². The zero-order valence-electron chi connectivity index (χ0n) is 11.3. The molecule has 112 valence electrons. The minimum absolute atomic E-state index is 0.0784. The topological polar surface area (TPSA) is 63.7 Å². The van der Waals surface area contributed by atoms with Crippen LogP contribution >= 0.6 is 15.9 Å². The molecule has 0 atom stereocenters. The molecule has 0 saturated heterocycles. The summed E-state index contributed by atoms with van der Waals surface area (Å²) >= 11 is 2.96. The molecule has 2 rings (SSSR count). The van der Waals surface area contributed by atoms with Gasteiger partial charge in [0, 0.05) is 0 Å². The van der Waals surface area contributed by atoms with Gasteiger partial charge in [0.05, 0.1) is 22.3 Å². The van der Waals surface area contributed by atoms with E-state index in [1.165, 1.54) is 6.07 Å². The average Bonchev–Trinajstić information content (AvgIpc) is 2.65. The van der Waals surface area contributed by atoms with Gasteiger partial charge in [0.25, 0.3) is 11.7 Å². The summed E-state index contributed by atoms with van der Waals surface area (Å²) in [6, 6.07) is 2.30. The number of ether oxygens (including phenoxy) is 1. The highest BCUT2D eigenvalue weighted by atomic mass is 79.9. The second-order valence-electron chi connectivity index (χ2n) is 4.58. The van der Waals surface area contributed by atoms with Crippen LogP contribution in [0.1, 0.15) is 30.1 Å². The molecule has 5 nitrogen and oxygen atoms in total. The molecule has 0 N–H and O–H groups in total. The number of esters is 1. The van der Waals surface area contributed by atoms with Gasteiger partial charge in [-0.3, -0.25) is 19.3 Å². The summed E-state index contributed by atoms with van der Waals surface area (Å²) in [5, 5.41) is 0. The quantitative estimate of drug-likeness (QED) is 0.461. The van der Waals surface area contributed by atoms with Crippen molar-refractivity contribution >= 4 is 39.3 Å². The molecular formula is C14H13BrFNO4. The zero-order chi connectivity index (χ0) is 15.6. The third-order valence-corrected chi connectivity index (χ3v) is 3.67. The number of hydrogen-bond acceptors (Lipinski definition) is 4. The van der Waals surface area contributed by atoms with Crippen molar-refractivity contribution in [3.05, 3.63) is 28.0 Å². The Labute approximate surface area is 129 Å². The number of nitrogens with zero attached hydrogens (tertiary/aromatic N) is 1. The number of benzene rings is 1. The van der Waals surface area contributed by atoms with Crippen molar-refractivity contribution in [2.75, 3.05) is 18.1 Å². The number of halogens is 2. The molecule has 1 aliphatic rings. The number of ketones is 1. The van der Waals surface area contributed by atoms with Crippen LogP contribution in [0.15, 0.2) is 16.6 Å². The fourth-order valence-corrected chi connectivity index (χ4v) is 2.29. The Bertz CT molecular complexity index is 617. The van der Waals surface area contributed by atoms with Crippen molar-refractivity contribution in [3.8, 4) is 0 Å². The van der Waals surface area contributed by atoms with Crippen LogP contribution in [0.25, 0.3) is 0 Å². The van der Waals surface area contributed by atoms with Crippen LogP contribution in [0.3, 0.4) is 0 Å². The first kappa shape index (κ1) is 15.6. The molecule has 1 aromatic carbocycles. The maximum absolute atomic E-state index is 13.6. The summed E-state index contributed by atoms with van der Waals surface area (Å²) in [4.78, 5) is 36.3. The summed E-state index contributed by atoms with van der Waals surface area (Å²) in [6.07, 6.45) is 1.59. The van der Waals surface area contributed by atoms with E-state index in [0.29, 0.717) is 0 Å². The van der Waals surface area contributed by atoms with Gasteiger partial charge < -0.3 is 4.74 Å². The number of carbonyl (C=O) groups excluding carboxylic acids is 3. The number of anilines is 1. The minimum atomic E-state index is -0.852. The molecule has 0 aliphatic carbocycles. The molecule has 0 aromatic heterocycles. The molecule has 0 spiro atoms. The van der Waals surface area contributed by atoms with Gasteiger partial charge in [-0.15, -0.1) is 0 Å². The van der Waals surface area contributed by atoms with Crippen LogP contribution < -0.4 is 4.90 Å². The summed E-state index contributed by atoms with van der Waals surface area (Å²) in [7, 11) is 0. The number of unbranched alkanes of at least 4 members (excludes halogenated alkanes) is 1. The van der Waals surface area contributed by atoms with Crippen molar-refractivity contribution in [3.63, 3.8) is 0 Å². The molecule has 1 heterocycles. The number of amides is 1. The van der Waals surface area contributed by atoms with Crippen LogP contribution in [0.5, 0.6) is 0 Å². The largest absolute Gasteiger partial charge is 0.464 e. The minimum Gasteiger partial charge on any atom is -0.464 e. The van der Waals surface area contributed by atoms with E-state index in [-0.39, 0.29) is 22.3 Å². The third kappa shape index (κ3) is 3.12. The van der Waals surface area contributed by atoms with E-state index in [9.17, 15) is 18.8 Å². The highest BCUT2D eigenvalue weighted by Gasteiger charge is 2.38.